The number of halogens is 6. The Morgan fingerprint density at radius 2 is 0.713 bits per heavy atom. The molecule has 3 aliphatic rings. The number of piperazine rings is 3. The number of amides is 6. The van der Waals surface area contributed by atoms with Gasteiger partial charge in [-0.05, 0) is 116 Å². The minimum Gasteiger partial charge on any atom is -0.508 e. The number of aryl methyl sites for hydroxylation is 2. The number of nitrogens with one attached hydrogen (secondary N) is 1. The lowest BCUT2D eigenvalue weighted by Gasteiger charge is -2.36. The maximum atomic E-state index is 16.6. The fourth-order valence-electron chi connectivity index (χ4n) is 15.7. The molecular formula is C91H96Cl3F3N16O9. The molecule has 0 bridgehead atoms. The van der Waals surface area contributed by atoms with E-state index in [4.69, 9.17) is 49.8 Å². The molecule has 4 N–H and O–H groups in total. The van der Waals surface area contributed by atoms with Gasteiger partial charge in [0, 0.05) is 212 Å². The summed E-state index contributed by atoms with van der Waals surface area (Å²) in [6.07, 6.45) is 3.55. The van der Waals surface area contributed by atoms with Crippen LogP contribution in [0.25, 0.3) is 98.4 Å². The van der Waals surface area contributed by atoms with E-state index >= 15 is 13.2 Å². The largest absolute Gasteiger partial charge is 0.508 e. The van der Waals surface area contributed by atoms with Crippen molar-refractivity contribution in [3.63, 3.8) is 0 Å². The van der Waals surface area contributed by atoms with Gasteiger partial charge in [0.15, 0.2) is 17.5 Å². The van der Waals surface area contributed by atoms with E-state index in [-0.39, 0.29) is 120 Å². The van der Waals surface area contributed by atoms with Crippen LogP contribution in [0.5, 0.6) is 17.2 Å². The Kier molecular flexibility index (Phi) is 27.5. The van der Waals surface area contributed by atoms with Crippen LogP contribution in [0, 0.1) is 17.5 Å². The molecule has 636 valence electrons. The summed E-state index contributed by atoms with van der Waals surface area (Å²) in [5, 5.41) is 40.7. The summed E-state index contributed by atoms with van der Waals surface area (Å²) in [5.41, 5.74) is 2.14. The third-order valence-electron chi connectivity index (χ3n) is 22.2. The molecule has 3 fully saturated rings. The van der Waals surface area contributed by atoms with E-state index in [0.717, 1.165) is 32.3 Å². The summed E-state index contributed by atoms with van der Waals surface area (Å²) in [4.78, 5) is 117. The predicted octanol–water partition coefficient (Wildman–Crippen LogP) is 15.3. The number of anilines is 4. The molecule has 0 saturated carbocycles. The SMILES string of the molecule is CC(=O)N1CCN(c2nc(CCCC(=O)N(C)C)nc3c(F)c(-c4cc(O)cc5ccccc45)c(Cl)cc23)CC1.CCC(=O)N1CCN(c2nc(CCCC(=O)N(C)C)nc3c(F)c(-c4cc(O)cc5ccccc45)c(Cl)cc23)CC1.CCC(=O)N1CCN(c2nc(NCCC(=O)N(C)C)nc3c(F)c(-c4cc(O)cc5ccccc45)c(Cl)cc23)CC1. The lowest BCUT2D eigenvalue weighted by Crippen LogP contribution is -2.49. The Bertz CT molecular complexity index is 5800. The lowest BCUT2D eigenvalue weighted by atomic mass is 9.96. The van der Waals surface area contributed by atoms with Crippen molar-refractivity contribution in [3.05, 3.63) is 172 Å². The molecule has 122 heavy (non-hydrogen) atoms. The highest BCUT2D eigenvalue weighted by Crippen LogP contribution is 2.47. The summed E-state index contributed by atoms with van der Waals surface area (Å²) < 4.78 is 49.7. The molecule has 6 heterocycles. The van der Waals surface area contributed by atoms with Crippen molar-refractivity contribution >= 4 is 159 Å². The number of phenolic OH excluding ortho intramolecular Hbond substituents is 3. The monoisotopic (exact) mass is 1720 g/mol. The van der Waals surface area contributed by atoms with Crippen LogP contribution in [0.1, 0.15) is 77.4 Å². The molecule has 0 aliphatic carbocycles. The number of aromatic nitrogens is 6. The van der Waals surface area contributed by atoms with Gasteiger partial charge in [0.2, 0.25) is 41.4 Å². The molecule has 12 aromatic rings. The van der Waals surface area contributed by atoms with Gasteiger partial charge in [-0.1, -0.05) is 121 Å². The highest BCUT2D eigenvalue weighted by Gasteiger charge is 2.32. The molecule has 0 spiro atoms. The van der Waals surface area contributed by atoms with Crippen LogP contribution in [-0.4, -0.2) is 237 Å². The minimum absolute atomic E-state index is 0.00117. The van der Waals surface area contributed by atoms with E-state index in [1.54, 1.807) is 90.5 Å². The molecule has 9 aromatic carbocycles. The van der Waals surface area contributed by atoms with Crippen molar-refractivity contribution in [1.29, 1.82) is 0 Å². The Labute approximate surface area is 719 Å². The molecule has 3 aliphatic heterocycles. The van der Waals surface area contributed by atoms with Crippen LogP contribution in [0.2, 0.25) is 15.1 Å². The Morgan fingerprint density at radius 3 is 1.04 bits per heavy atom. The zero-order chi connectivity index (χ0) is 87.1. The molecule has 15 rings (SSSR count). The molecular weight excluding hydrogens is 1620 g/mol. The molecule has 3 aromatic heterocycles. The van der Waals surface area contributed by atoms with Gasteiger partial charge in [-0.15, -0.1) is 0 Å². The van der Waals surface area contributed by atoms with Gasteiger partial charge < -0.3 is 64.7 Å². The van der Waals surface area contributed by atoms with Crippen LogP contribution in [0.15, 0.2) is 127 Å². The van der Waals surface area contributed by atoms with Crippen molar-refractivity contribution in [2.24, 2.45) is 0 Å². The normalized spacial score (nSPS) is 13.7. The van der Waals surface area contributed by atoms with Crippen molar-refractivity contribution in [1.82, 2.24) is 59.3 Å². The van der Waals surface area contributed by atoms with Crippen molar-refractivity contribution in [2.45, 2.75) is 78.6 Å². The van der Waals surface area contributed by atoms with Gasteiger partial charge >= 0.3 is 0 Å². The first-order chi connectivity index (χ1) is 58.5. The zero-order valence-corrected chi connectivity index (χ0v) is 71.7. The summed E-state index contributed by atoms with van der Waals surface area (Å²) >= 11 is 20.3. The predicted molar refractivity (Wildman–Crippen MR) is 475 cm³/mol. The van der Waals surface area contributed by atoms with E-state index in [9.17, 15) is 44.1 Å². The summed E-state index contributed by atoms with van der Waals surface area (Å²) in [5.74, 6) is 0.917. The smallest absolute Gasteiger partial charge is 0.225 e. The van der Waals surface area contributed by atoms with Gasteiger partial charge in [0.05, 0.1) is 15.1 Å². The number of rotatable bonds is 20. The van der Waals surface area contributed by atoms with Gasteiger partial charge in [-0.2, -0.15) is 4.98 Å². The maximum Gasteiger partial charge on any atom is 0.225 e. The number of hydrogen-bond acceptors (Lipinski definition) is 19. The highest BCUT2D eigenvalue weighted by atomic mass is 35.5. The summed E-state index contributed by atoms with van der Waals surface area (Å²) in [6, 6.07) is 36.6. The standard InChI is InChI=1S/C31H33ClFN5O3.C30H32ClFN6O3.C30H31ClFN5O3/c1-4-26(40)37-12-14-38(15-13-37)31-23-18-24(32)28(22-17-20(39)16-19-8-5-6-9-21(19)22)29(33)30(23)34-25(35-31)10-7-11-27(41)36(2)3;1-4-24(40)37-11-13-38(14-12-37)29-22-17-23(31)26(21-16-19(39)15-18-7-5-6-8-20(18)21)27(32)28(22)34-30(35-29)33-10-9-25(41)36(2)3;1-18(38)36-11-13-37(14-12-36)30-23-17-24(31)27(22-16-20(39)15-19-7-4-5-8-21(19)22)28(32)29(23)33-25(34-30)9-6-10-26(40)35(2)3/h5-6,8-9,16-18,39H,4,7,10-15H2,1-3H3;5-8,15-17,39H,4,9-14H2,1-3H3,(H,33,34,35);4-5,7-8,15-17,39H,6,9-14H2,1-3H3. The molecule has 0 radical (unpaired) electrons. The first-order valence-corrected chi connectivity index (χ1v) is 41.8. The molecule has 31 heteroatoms. The van der Waals surface area contributed by atoms with E-state index in [1.807, 2.05) is 111 Å². The number of hydrogen-bond donors (Lipinski definition) is 4. The fourth-order valence-corrected chi connectivity index (χ4v) is 16.5. The van der Waals surface area contributed by atoms with Crippen LogP contribution < -0.4 is 20.0 Å². The first kappa shape index (κ1) is 87.7. The lowest BCUT2D eigenvalue weighted by molar-refractivity contribution is -0.131. The Hall–Kier alpha value is -12.1. The number of carbonyl (C=O) groups is 6. The quantitative estimate of drug-likeness (QED) is 0.0551. The number of benzene rings is 9. The third-order valence-corrected chi connectivity index (χ3v) is 23.1. The second kappa shape index (κ2) is 38.3. The Balaban J connectivity index is 0.000000158. The number of phenols is 3. The van der Waals surface area contributed by atoms with E-state index in [2.05, 4.69) is 20.3 Å². The van der Waals surface area contributed by atoms with Crippen LogP contribution >= 0.6 is 34.8 Å². The van der Waals surface area contributed by atoms with Gasteiger partial charge in [0.1, 0.15) is 62.9 Å². The third kappa shape index (κ3) is 19.3. The second-order valence-electron chi connectivity index (χ2n) is 31.0. The first-order valence-electron chi connectivity index (χ1n) is 40.6. The van der Waals surface area contributed by atoms with Crippen LogP contribution in [0.4, 0.5) is 36.6 Å². The van der Waals surface area contributed by atoms with E-state index < -0.39 is 17.5 Å². The van der Waals surface area contributed by atoms with Gasteiger partial charge in [-0.25, -0.2) is 38.1 Å². The molecule has 3 saturated heterocycles. The number of carbonyl (C=O) groups excluding carboxylic acids is 6. The number of fused-ring (bicyclic) bond motifs is 6. The fraction of sp³-hybridized carbons (Fsp3) is 0.341. The van der Waals surface area contributed by atoms with Gasteiger partial charge in [0.25, 0.3) is 0 Å². The zero-order valence-electron chi connectivity index (χ0n) is 69.4. The van der Waals surface area contributed by atoms with Crippen LogP contribution in [-0.2, 0) is 41.6 Å². The maximum absolute atomic E-state index is 16.6. The average Bonchev–Trinajstić information content (AvgIpc) is 0.752. The van der Waals surface area contributed by atoms with Crippen molar-refractivity contribution < 1.29 is 57.3 Å². The number of nitrogens with zero attached hydrogens (tertiary/aromatic N) is 15. The topological polar surface area (TPSA) is 282 Å². The van der Waals surface area contributed by atoms with Crippen molar-refractivity contribution in [2.75, 3.05) is 147 Å². The van der Waals surface area contributed by atoms with E-state index in [1.165, 1.54) is 32.9 Å². The molecule has 6 amide bonds. The van der Waals surface area contributed by atoms with Crippen LogP contribution in [0.3, 0.4) is 0 Å². The average molecular weight is 1720 g/mol. The van der Waals surface area contributed by atoms with E-state index in [0.29, 0.717) is 192 Å². The molecule has 25 nitrogen and oxygen atoms in total. The minimum atomic E-state index is -0.640. The van der Waals surface area contributed by atoms with Crippen molar-refractivity contribution in [3.8, 4) is 50.6 Å². The van der Waals surface area contributed by atoms with Gasteiger partial charge in [-0.3, -0.25) is 28.8 Å². The second-order valence-corrected chi connectivity index (χ2v) is 32.2. The summed E-state index contributed by atoms with van der Waals surface area (Å²) in [6.45, 7) is 11.8. The highest BCUT2D eigenvalue weighted by molar-refractivity contribution is 6.36. The summed E-state index contributed by atoms with van der Waals surface area (Å²) in [7, 11) is 10.2. The molecule has 0 atom stereocenters. The number of aromatic hydroxyl groups is 3. The Morgan fingerprint density at radius 1 is 0.402 bits per heavy atom. The molecule has 0 unspecified atom stereocenters.